The number of anilines is 1. The van der Waals surface area contributed by atoms with Crippen molar-refractivity contribution in [1.82, 2.24) is 10.3 Å². The number of nitrogens with one attached hydrogen (secondary N) is 2. The molecule has 0 spiro atoms. The monoisotopic (exact) mass is 253 g/mol. The van der Waals surface area contributed by atoms with E-state index in [0.29, 0.717) is 11.6 Å². The standard InChI is InChI=1S/C11H15N3O4/c1-7(15)5-13-10(16)11(17)14-8-3-4-9(18-2)12-6-8/h3-4,6-7,15H,5H2,1-2H3,(H,13,16)(H,14,17)/t7-/m0/s1. The number of carbonyl (C=O) groups is 2. The lowest BCUT2D eigenvalue weighted by molar-refractivity contribution is -0.136. The van der Waals surface area contributed by atoms with E-state index in [9.17, 15) is 9.59 Å². The molecular weight excluding hydrogens is 238 g/mol. The lowest BCUT2D eigenvalue weighted by Crippen LogP contribution is -2.38. The Kier molecular flexibility index (Phi) is 5.06. The first-order valence-corrected chi connectivity index (χ1v) is 5.30. The Morgan fingerprint density at radius 1 is 1.44 bits per heavy atom. The van der Waals surface area contributed by atoms with E-state index in [-0.39, 0.29) is 6.54 Å². The first kappa shape index (κ1) is 13.9. The van der Waals surface area contributed by atoms with Gasteiger partial charge in [0.15, 0.2) is 0 Å². The van der Waals surface area contributed by atoms with Crippen molar-refractivity contribution in [3.05, 3.63) is 18.3 Å². The van der Waals surface area contributed by atoms with Gasteiger partial charge < -0.3 is 20.5 Å². The first-order chi connectivity index (χ1) is 8.52. The van der Waals surface area contributed by atoms with E-state index in [1.807, 2.05) is 0 Å². The van der Waals surface area contributed by atoms with Crippen LogP contribution in [0.4, 0.5) is 5.69 Å². The van der Waals surface area contributed by atoms with Gasteiger partial charge in [0.2, 0.25) is 5.88 Å². The number of nitrogens with zero attached hydrogens (tertiary/aromatic N) is 1. The molecule has 1 rings (SSSR count). The van der Waals surface area contributed by atoms with Crippen LogP contribution in [0.3, 0.4) is 0 Å². The molecule has 0 aromatic carbocycles. The van der Waals surface area contributed by atoms with Crippen molar-refractivity contribution in [3.63, 3.8) is 0 Å². The third kappa shape index (κ3) is 4.38. The van der Waals surface area contributed by atoms with Gasteiger partial charge in [0.25, 0.3) is 0 Å². The maximum absolute atomic E-state index is 11.4. The number of methoxy groups -OCH3 is 1. The number of aliphatic hydroxyl groups excluding tert-OH is 1. The van der Waals surface area contributed by atoms with Gasteiger partial charge in [0.1, 0.15) is 0 Å². The second-order valence-electron chi connectivity index (χ2n) is 3.60. The van der Waals surface area contributed by atoms with Crippen LogP contribution in [0.15, 0.2) is 18.3 Å². The lowest BCUT2D eigenvalue weighted by Gasteiger charge is -2.07. The van der Waals surface area contributed by atoms with Crippen LogP contribution < -0.4 is 15.4 Å². The maximum atomic E-state index is 11.4. The molecule has 0 aliphatic heterocycles. The minimum Gasteiger partial charge on any atom is -0.481 e. The number of hydrogen-bond acceptors (Lipinski definition) is 5. The van der Waals surface area contributed by atoms with Gasteiger partial charge in [0, 0.05) is 12.6 Å². The molecule has 0 saturated heterocycles. The van der Waals surface area contributed by atoms with E-state index in [2.05, 4.69) is 15.6 Å². The highest BCUT2D eigenvalue weighted by molar-refractivity contribution is 6.39. The van der Waals surface area contributed by atoms with Gasteiger partial charge in [-0.05, 0) is 13.0 Å². The summed E-state index contributed by atoms with van der Waals surface area (Å²) in [7, 11) is 1.48. The Hall–Kier alpha value is -2.15. The van der Waals surface area contributed by atoms with Crippen molar-refractivity contribution in [1.29, 1.82) is 0 Å². The van der Waals surface area contributed by atoms with Crippen molar-refractivity contribution >= 4 is 17.5 Å². The number of carbonyl (C=O) groups excluding carboxylic acids is 2. The van der Waals surface area contributed by atoms with Gasteiger partial charge in [-0.15, -0.1) is 0 Å². The van der Waals surface area contributed by atoms with Crippen LogP contribution in [-0.4, -0.2) is 41.7 Å². The maximum Gasteiger partial charge on any atom is 0.313 e. The van der Waals surface area contributed by atoms with Gasteiger partial charge in [-0.25, -0.2) is 4.98 Å². The van der Waals surface area contributed by atoms with Crippen LogP contribution in [0.25, 0.3) is 0 Å². The van der Waals surface area contributed by atoms with E-state index in [1.54, 1.807) is 12.1 Å². The van der Waals surface area contributed by atoms with Gasteiger partial charge in [-0.1, -0.05) is 0 Å². The van der Waals surface area contributed by atoms with Gasteiger partial charge in [0.05, 0.1) is 25.1 Å². The number of amides is 2. The molecule has 0 saturated carbocycles. The molecule has 0 aliphatic rings. The number of aliphatic hydroxyl groups is 1. The largest absolute Gasteiger partial charge is 0.481 e. The summed E-state index contributed by atoms with van der Waals surface area (Å²) in [6.07, 6.45) is 0.669. The fraction of sp³-hybridized carbons (Fsp3) is 0.364. The molecule has 0 bridgehead atoms. The Morgan fingerprint density at radius 2 is 2.17 bits per heavy atom. The summed E-state index contributed by atoms with van der Waals surface area (Å²) in [6, 6.07) is 3.12. The summed E-state index contributed by atoms with van der Waals surface area (Å²) in [5, 5.41) is 13.6. The average molecular weight is 253 g/mol. The van der Waals surface area contributed by atoms with Crippen molar-refractivity contribution in [2.45, 2.75) is 13.0 Å². The molecule has 0 fully saturated rings. The summed E-state index contributed by atoms with van der Waals surface area (Å²) >= 11 is 0. The van der Waals surface area contributed by atoms with E-state index in [1.165, 1.54) is 20.2 Å². The molecule has 3 N–H and O–H groups in total. The fourth-order valence-corrected chi connectivity index (χ4v) is 1.08. The number of hydrogen-bond donors (Lipinski definition) is 3. The van der Waals surface area contributed by atoms with Crippen LogP contribution >= 0.6 is 0 Å². The molecule has 2 amide bonds. The zero-order chi connectivity index (χ0) is 13.5. The molecule has 1 aromatic heterocycles. The summed E-state index contributed by atoms with van der Waals surface area (Å²) in [4.78, 5) is 26.6. The molecule has 0 aliphatic carbocycles. The molecule has 18 heavy (non-hydrogen) atoms. The van der Waals surface area contributed by atoms with E-state index in [0.717, 1.165) is 0 Å². The predicted molar refractivity (Wildman–Crippen MR) is 64.1 cm³/mol. The second-order valence-corrected chi connectivity index (χ2v) is 3.60. The van der Waals surface area contributed by atoms with Gasteiger partial charge in [-0.3, -0.25) is 9.59 Å². The van der Waals surface area contributed by atoms with E-state index in [4.69, 9.17) is 9.84 Å². The third-order valence-electron chi connectivity index (χ3n) is 1.97. The average Bonchev–Trinajstić information content (AvgIpc) is 2.36. The zero-order valence-electron chi connectivity index (χ0n) is 10.1. The molecule has 0 unspecified atom stereocenters. The SMILES string of the molecule is COc1ccc(NC(=O)C(=O)NC[C@H](C)O)cn1. The molecule has 1 atom stereocenters. The molecule has 7 heteroatoms. The van der Waals surface area contributed by atoms with E-state index < -0.39 is 17.9 Å². The number of ether oxygens (including phenoxy) is 1. The van der Waals surface area contributed by atoms with Crippen LogP contribution in [0.5, 0.6) is 5.88 Å². The summed E-state index contributed by atoms with van der Waals surface area (Å²) < 4.78 is 4.86. The van der Waals surface area contributed by atoms with Crippen LogP contribution in [0.2, 0.25) is 0 Å². The van der Waals surface area contributed by atoms with Crippen molar-refractivity contribution in [2.75, 3.05) is 19.0 Å². The van der Waals surface area contributed by atoms with Crippen molar-refractivity contribution < 1.29 is 19.4 Å². The summed E-state index contributed by atoms with van der Waals surface area (Å²) in [5.41, 5.74) is 0.382. The van der Waals surface area contributed by atoms with Crippen LogP contribution in [-0.2, 0) is 9.59 Å². The number of aromatic nitrogens is 1. The quantitative estimate of drug-likeness (QED) is 0.629. The fourth-order valence-electron chi connectivity index (χ4n) is 1.08. The highest BCUT2D eigenvalue weighted by Gasteiger charge is 2.13. The lowest BCUT2D eigenvalue weighted by atomic mass is 10.3. The number of rotatable bonds is 4. The molecule has 7 nitrogen and oxygen atoms in total. The highest BCUT2D eigenvalue weighted by atomic mass is 16.5. The topological polar surface area (TPSA) is 101 Å². The first-order valence-electron chi connectivity index (χ1n) is 5.30. The minimum atomic E-state index is -0.817. The second kappa shape index (κ2) is 6.55. The third-order valence-corrected chi connectivity index (χ3v) is 1.97. The Morgan fingerprint density at radius 3 is 2.67 bits per heavy atom. The molecule has 1 aromatic rings. The molecule has 98 valence electrons. The predicted octanol–water partition coefficient (Wildman–Crippen LogP) is -0.474. The summed E-state index contributed by atoms with van der Waals surface area (Å²) in [6.45, 7) is 1.53. The van der Waals surface area contributed by atoms with Gasteiger partial charge >= 0.3 is 11.8 Å². The smallest absolute Gasteiger partial charge is 0.313 e. The van der Waals surface area contributed by atoms with E-state index >= 15 is 0 Å². The summed E-state index contributed by atoms with van der Waals surface area (Å²) in [5.74, 6) is -1.22. The minimum absolute atomic E-state index is 0.0209. The molecule has 0 radical (unpaired) electrons. The van der Waals surface area contributed by atoms with Crippen molar-refractivity contribution in [3.8, 4) is 5.88 Å². The number of pyridine rings is 1. The Bertz CT molecular complexity index is 417. The van der Waals surface area contributed by atoms with Crippen molar-refractivity contribution in [2.24, 2.45) is 0 Å². The normalized spacial score (nSPS) is 11.5. The molecule has 1 heterocycles. The molecular formula is C11H15N3O4. The zero-order valence-corrected chi connectivity index (χ0v) is 10.1. The van der Waals surface area contributed by atoms with Gasteiger partial charge in [-0.2, -0.15) is 0 Å². The van der Waals surface area contributed by atoms with Crippen LogP contribution in [0, 0.1) is 0 Å². The highest BCUT2D eigenvalue weighted by Crippen LogP contribution is 2.10. The Labute approximate surface area is 104 Å². The van der Waals surface area contributed by atoms with Crippen LogP contribution in [0.1, 0.15) is 6.92 Å². The Balaban J connectivity index is 2.50.